The fraction of sp³-hybridized carbons (Fsp3) is 0.440. The number of benzene rings is 2. The summed E-state index contributed by atoms with van der Waals surface area (Å²) in [5, 5.41) is 0.247. The van der Waals surface area contributed by atoms with Gasteiger partial charge >= 0.3 is 0 Å². The van der Waals surface area contributed by atoms with Crippen molar-refractivity contribution < 1.29 is 26.7 Å². The van der Waals surface area contributed by atoms with E-state index in [0.29, 0.717) is 24.2 Å². The third-order valence-electron chi connectivity index (χ3n) is 5.99. The summed E-state index contributed by atoms with van der Waals surface area (Å²) >= 11 is 1.03. The van der Waals surface area contributed by atoms with Crippen molar-refractivity contribution in [3.8, 4) is 0 Å². The number of ether oxygens (including phenoxy) is 1. The molecule has 13 heteroatoms. The fourth-order valence-electron chi connectivity index (χ4n) is 4.29. The lowest BCUT2D eigenvalue weighted by Gasteiger charge is -2.34. The van der Waals surface area contributed by atoms with Crippen LogP contribution in [0.1, 0.15) is 30.6 Å². The summed E-state index contributed by atoms with van der Waals surface area (Å²) in [7, 11) is 0.0704. The zero-order valence-corrected chi connectivity index (χ0v) is 24.0. The van der Waals surface area contributed by atoms with E-state index in [2.05, 4.69) is 4.98 Å². The highest BCUT2D eigenvalue weighted by Crippen LogP contribution is 2.32. The highest BCUT2D eigenvalue weighted by Gasteiger charge is 2.32. The van der Waals surface area contributed by atoms with Gasteiger partial charge in [-0.15, -0.1) is 12.4 Å². The summed E-state index contributed by atoms with van der Waals surface area (Å²) in [6.45, 7) is 5.15. The zero-order chi connectivity index (χ0) is 26.9. The molecule has 1 fully saturated rings. The number of aromatic nitrogens is 1. The van der Waals surface area contributed by atoms with E-state index in [9.17, 15) is 22.0 Å². The van der Waals surface area contributed by atoms with Gasteiger partial charge in [-0.1, -0.05) is 11.3 Å². The largest absolute Gasteiger partial charge is 0.373 e. The molecule has 208 valence electrons. The molecule has 38 heavy (non-hydrogen) atoms. The number of fused-ring (bicyclic) bond motifs is 1. The minimum absolute atomic E-state index is 0. The molecule has 2 unspecified atom stereocenters. The van der Waals surface area contributed by atoms with E-state index in [1.165, 1.54) is 39.5 Å². The second kappa shape index (κ2) is 12.3. The predicted octanol–water partition coefficient (Wildman–Crippen LogP) is 4.39. The molecule has 0 N–H and O–H groups in total. The first kappa shape index (κ1) is 30.3. The maximum Gasteiger partial charge on any atom is 0.260 e. The van der Waals surface area contributed by atoms with Gasteiger partial charge in [-0.3, -0.25) is 9.69 Å². The smallest absolute Gasteiger partial charge is 0.260 e. The van der Waals surface area contributed by atoms with E-state index in [-0.39, 0.29) is 58.8 Å². The summed E-state index contributed by atoms with van der Waals surface area (Å²) in [5.74, 6) is -1.91. The average Bonchev–Trinajstić information content (AvgIpc) is 3.25. The molecule has 1 aliphatic rings. The first-order chi connectivity index (χ1) is 17.5. The molecule has 2 heterocycles. The number of sulfonamides is 1. The summed E-state index contributed by atoms with van der Waals surface area (Å²) in [6.07, 6.45) is 0.176. The van der Waals surface area contributed by atoms with Gasteiger partial charge < -0.3 is 9.64 Å². The standard InChI is InChI=1S/C25H30F2N4O4S2.ClH/c1-16-14-30(15-17(2)35-16)37(33,34)20-8-6-18(7-9-20)24(32)31(11-5-10-29(3)4)25-28-23-21(27)12-19(26)13-22(23)36-25;/h6-9,12-13,16-17H,5,10-11,14-15H2,1-4H3;1H. The lowest BCUT2D eigenvalue weighted by Crippen LogP contribution is -2.48. The van der Waals surface area contributed by atoms with Crippen molar-refractivity contribution in [2.75, 3.05) is 45.2 Å². The molecule has 1 amide bonds. The molecule has 1 aliphatic heterocycles. The minimum Gasteiger partial charge on any atom is -0.373 e. The lowest BCUT2D eigenvalue weighted by molar-refractivity contribution is -0.0440. The van der Waals surface area contributed by atoms with E-state index in [1.807, 2.05) is 32.8 Å². The summed E-state index contributed by atoms with van der Waals surface area (Å²) in [4.78, 5) is 21.3. The van der Waals surface area contributed by atoms with Crippen molar-refractivity contribution in [3.63, 3.8) is 0 Å². The second-order valence-electron chi connectivity index (χ2n) is 9.45. The quantitative estimate of drug-likeness (QED) is 0.388. The number of hydrogen-bond acceptors (Lipinski definition) is 7. The van der Waals surface area contributed by atoms with Crippen LogP contribution in [0.15, 0.2) is 41.3 Å². The van der Waals surface area contributed by atoms with Crippen LogP contribution in [0.4, 0.5) is 13.9 Å². The molecule has 0 saturated carbocycles. The Morgan fingerprint density at radius 3 is 2.34 bits per heavy atom. The van der Waals surface area contributed by atoms with Gasteiger partial charge in [-0.25, -0.2) is 22.2 Å². The normalized spacial score (nSPS) is 18.5. The number of morpholine rings is 1. The number of hydrogen-bond donors (Lipinski definition) is 0. The highest BCUT2D eigenvalue weighted by molar-refractivity contribution is 7.89. The molecule has 0 aliphatic carbocycles. The number of carbonyl (C=O) groups is 1. The number of amides is 1. The molecule has 0 bridgehead atoms. The fourth-order valence-corrected chi connectivity index (χ4v) is 6.91. The first-order valence-electron chi connectivity index (χ1n) is 11.9. The number of thiazole rings is 1. The van der Waals surface area contributed by atoms with Gasteiger partial charge in [0.05, 0.1) is 21.8 Å². The Labute approximate surface area is 231 Å². The number of carbonyl (C=O) groups excluding carboxylic acids is 1. The van der Waals surface area contributed by atoms with Gasteiger partial charge in [0, 0.05) is 31.3 Å². The number of halogens is 3. The number of nitrogens with zero attached hydrogens (tertiary/aromatic N) is 4. The van der Waals surface area contributed by atoms with Crippen molar-refractivity contribution in [1.82, 2.24) is 14.2 Å². The third kappa shape index (κ3) is 6.67. The molecule has 0 radical (unpaired) electrons. The minimum atomic E-state index is -3.76. The van der Waals surface area contributed by atoms with Gasteiger partial charge in [-0.2, -0.15) is 4.31 Å². The summed E-state index contributed by atoms with van der Waals surface area (Å²) < 4.78 is 61.7. The van der Waals surface area contributed by atoms with Gasteiger partial charge in [0.1, 0.15) is 11.3 Å². The Bertz CT molecular complexity index is 1380. The van der Waals surface area contributed by atoms with Crippen molar-refractivity contribution in [3.05, 3.63) is 53.6 Å². The number of rotatable bonds is 8. The Morgan fingerprint density at radius 2 is 1.74 bits per heavy atom. The molecule has 8 nitrogen and oxygen atoms in total. The Hall–Kier alpha value is -2.22. The van der Waals surface area contributed by atoms with E-state index >= 15 is 0 Å². The Balaban J connectivity index is 0.00000400. The predicted molar refractivity (Wildman–Crippen MR) is 147 cm³/mol. The van der Waals surface area contributed by atoms with E-state index in [0.717, 1.165) is 17.4 Å². The average molecular weight is 589 g/mol. The molecule has 4 rings (SSSR count). The molecule has 3 aromatic rings. The molecule has 2 atom stereocenters. The summed E-state index contributed by atoms with van der Waals surface area (Å²) in [5.41, 5.74) is 0.264. The van der Waals surface area contributed by atoms with Gasteiger partial charge in [0.15, 0.2) is 10.9 Å². The molecular weight excluding hydrogens is 558 g/mol. The SMILES string of the molecule is CC1CN(S(=O)(=O)c2ccc(C(=O)N(CCCN(C)C)c3nc4c(F)cc(F)cc4s3)cc2)CC(C)O1.Cl. The van der Waals surface area contributed by atoms with Crippen LogP contribution in [-0.4, -0.2) is 81.0 Å². The van der Waals surface area contributed by atoms with Gasteiger partial charge in [0.25, 0.3) is 5.91 Å². The van der Waals surface area contributed by atoms with E-state index < -0.39 is 27.6 Å². The van der Waals surface area contributed by atoms with Gasteiger partial charge in [0.2, 0.25) is 10.0 Å². The first-order valence-corrected chi connectivity index (χ1v) is 14.2. The van der Waals surface area contributed by atoms with E-state index in [4.69, 9.17) is 4.74 Å². The van der Waals surface area contributed by atoms with Crippen LogP contribution in [0.3, 0.4) is 0 Å². The topological polar surface area (TPSA) is 83.1 Å². The zero-order valence-electron chi connectivity index (χ0n) is 21.6. The van der Waals surface area contributed by atoms with E-state index in [1.54, 1.807) is 0 Å². The highest BCUT2D eigenvalue weighted by atomic mass is 35.5. The monoisotopic (exact) mass is 588 g/mol. The molecule has 1 saturated heterocycles. The van der Waals surface area contributed by atoms with Crippen LogP contribution >= 0.6 is 23.7 Å². The summed E-state index contributed by atoms with van der Waals surface area (Å²) in [6, 6.07) is 7.72. The lowest BCUT2D eigenvalue weighted by atomic mass is 10.2. The van der Waals surface area contributed by atoms with Crippen molar-refractivity contribution in [1.29, 1.82) is 0 Å². The van der Waals surface area contributed by atoms with Crippen LogP contribution in [0.25, 0.3) is 10.2 Å². The molecular formula is C25H31ClF2N4O4S2. The van der Waals surface area contributed by atoms with Crippen molar-refractivity contribution in [2.24, 2.45) is 0 Å². The maximum absolute atomic E-state index is 14.3. The maximum atomic E-state index is 14.3. The Morgan fingerprint density at radius 1 is 1.11 bits per heavy atom. The molecule has 0 spiro atoms. The van der Waals surface area contributed by atoms with Crippen molar-refractivity contribution >= 4 is 55.0 Å². The van der Waals surface area contributed by atoms with Crippen LogP contribution in [0, 0.1) is 11.6 Å². The van der Waals surface area contributed by atoms with Crippen molar-refractivity contribution in [2.45, 2.75) is 37.4 Å². The third-order valence-corrected chi connectivity index (χ3v) is 8.86. The van der Waals surface area contributed by atoms with Gasteiger partial charge in [-0.05, 0) is 71.2 Å². The van der Waals surface area contributed by atoms with Crippen LogP contribution in [-0.2, 0) is 14.8 Å². The van der Waals surface area contributed by atoms with Crippen LogP contribution in [0.5, 0.6) is 0 Å². The molecule has 2 aromatic carbocycles. The Kier molecular flexibility index (Phi) is 9.82. The number of anilines is 1. The second-order valence-corrected chi connectivity index (χ2v) is 12.4. The van der Waals surface area contributed by atoms with Crippen LogP contribution in [0.2, 0.25) is 0 Å². The molecule has 1 aromatic heterocycles. The van der Waals surface area contributed by atoms with Crippen LogP contribution < -0.4 is 4.90 Å².